The van der Waals surface area contributed by atoms with Gasteiger partial charge in [-0.2, -0.15) is 0 Å². The number of rotatable bonds is 6. The molecule has 21 heavy (non-hydrogen) atoms. The lowest BCUT2D eigenvalue weighted by molar-refractivity contribution is 0.332. The second-order valence-electron chi connectivity index (χ2n) is 4.13. The highest BCUT2D eigenvalue weighted by molar-refractivity contribution is 9.11. The van der Waals surface area contributed by atoms with Crippen LogP contribution in [0.2, 0.25) is 0 Å². The lowest BCUT2D eigenvalue weighted by Gasteiger charge is -2.14. The normalized spacial score (nSPS) is 10.3. The first-order valence-electron chi connectivity index (χ1n) is 6.61. The predicted molar refractivity (Wildman–Crippen MR) is 91.7 cm³/mol. The maximum absolute atomic E-state index is 5.64. The van der Waals surface area contributed by atoms with Gasteiger partial charge in [-0.1, -0.05) is 0 Å². The van der Waals surface area contributed by atoms with Crippen LogP contribution in [0.1, 0.15) is 13.8 Å². The Hall–Kier alpha value is -1.27. The molecule has 1 aromatic carbocycles. The lowest BCUT2D eigenvalue weighted by Crippen LogP contribution is -2.01. The Morgan fingerprint density at radius 2 is 1.86 bits per heavy atom. The van der Waals surface area contributed by atoms with Crippen LogP contribution in [-0.2, 0) is 0 Å². The summed E-state index contributed by atoms with van der Waals surface area (Å²) in [5.74, 6) is 2.27. The molecule has 1 aromatic heterocycles. The highest BCUT2D eigenvalue weighted by atomic mass is 79.9. The third-order valence-electron chi connectivity index (χ3n) is 2.62. The van der Waals surface area contributed by atoms with Gasteiger partial charge in [0.05, 0.1) is 23.4 Å². The number of anilines is 2. The van der Waals surface area contributed by atoms with Gasteiger partial charge in [-0.3, -0.25) is 0 Å². The van der Waals surface area contributed by atoms with Crippen LogP contribution in [0.5, 0.6) is 11.5 Å². The first-order chi connectivity index (χ1) is 10.1. The zero-order valence-corrected chi connectivity index (χ0v) is 15.0. The van der Waals surface area contributed by atoms with E-state index in [1.165, 1.54) is 0 Å². The molecule has 0 unspecified atom stereocenters. The Bertz CT molecular complexity index is 621. The average molecular weight is 416 g/mol. The topological polar surface area (TPSA) is 43.4 Å². The molecule has 1 N–H and O–H groups in total. The number of pyridine rings is 1. The van der Waals surface area contributed by atoms with Gasteiger partial charge in [0.15, 0.2) is 0 Å². The Kier molecular flexibility index (Phi) is 5.87. The number of halogens is 2. The van der Waals surface area contributed by atoms with Crippen molar-refractivity contribution in [1.29, 1.82) is 0 Å². The predicted octanol–water partition coefficient (Wildman–Crippen LogP) is 5.15. The summed E-state index contributed by atoms with van der Waals surface area (Å²) in [5, 5.41) is 3.27. The molecule has 0 radical (unpaired) electrons. The molecule has 0 aliphatic carbocycles. The number of nitrogens with zero attached hydrogens (tertiary/aromatic N) is 1. The first kappa shape index (κ1) is 16.1. The van der Waals surface area contributed by atoms with Crippen LogP contribution < -0.4 is 14.8 Å². The van der Waals surface area contributed by atoms with Crippen LogP contribution in [0, 0.1) is 0 Å². The molecule has 0 spiro atoms. The molecule has 0 saturated carbocycles. The van der Waals surface area contributed by atoms with Crippen molar-refractivity contribution in [3.63, 3.8) is 0 Å². The Morgan fingerprint density at radius 3 is 2.52 bits per heavy atom. The smallest absolute Gasteiger partial charge is 0.144 e. The second-order valence-corrected chi connectivity index (χ2v) is 5.90. The summed E-state index contributed by atoms with van der Waals surface area (Å²) < 4.78 is 12.9. The number of ether oxygens (including phenoxy) is 2. The monoisotopic (exact) mass is 414 g/mol. The molecule has 0 aliphatic heterocycles. The maximum Gasteiger partial charge on any atom is 0.144 e. The van der Waals surface area contributed by atoms with E-state index in [0.29, 0.717) is 19.0 Å². The maximum atomic E-state index is 5.64. The Balaban J connectivity index is 2.33. The van der Waals surface area contributed by atoms with Crippen molar-refractivity contribution in [1.82, 2.24) is 4.98 Å². The van der Waals surface area contributed by atoms with Gasteiger partial charge in [0.1, 0.15) is 17.3 Å². The summed E-state index contributed by atoms with van der Waals surface area (Å²) in [7, 11) is 0. The molecule has 0 saturated heterocycles. The van der Waals surface area contributed by atoms with E-state index in [-0.39, 0.29) is 0 Å². The summed E-state index contributed by atoms with van der Waals surface area (Å²) >= 11 is 6.88. The molecule has 0 fully saturated rings. The molecule has 112 valence electrons. The molecule has 1 heterocycles. The number of hydrogen-bond acceptors (Lipinski definition) is 4. The highest BCUT2D eigenvalue weighted by Gasteiger charge is 2.09. The quantitative estimate of drug-likeness (QED) is 0.708. The molecule has 0 aliphatic rings. The van der Waals surface area contributed by atoms with Crippen LogP contribution in [0.15, 0.2) is 39.4 Å². The van der Waals surface area contributed by atoms with E-state index < -0.39 is 0 Å². The minimum Gasteiger partial charge on any atom is -0.494 e. The Morgan fingerprint density at radius 1 is 1.10 bits per heavy atom. The van der Waals surface area contributed by atoms with Gasteiger partial charge in [0.25, 0.3) is 0 Å². The van der Waals surface area contributed by atoms with Gasteiger partial charge in [0, 0.05) is 16.7 Å². The minimum atomic E-state index is 0.595. The van der Waals surface area contributed by atoms with Gasteiger partial charge >= 0.3 is 0 Å². The summed E-state index contributed by atoms with van der Waals surface area (Å²) in [4.78, 5) is 4.35. The van der Waals surface area contributed by atoms with E-state index in [4.69, 9.17) is 9.47 Å². The van der Waals surface area contributed by atoms with Crippen LogP contribution in [0.3, 0.4) is 0 Å². The summed E-state index contributed by atoms with van der Waals surface area (Å²) in [6.07, 6.45) is 1.74. The molecule has 6 heteroatoms. The fourth-order valence-electron chi connectivity index (χ4n) is 1.78. The van der Waals surface area contributed by atoms with Crippen molar-refractivity contribution in [2.24, 2.45) is 0 Å². The van der Waals surface area contributed by atoms with Crippen molar-refractivity contribution in [2.75, 3.05) is 18.5 Å². The molecule has 2 rings (SSSR count). The van der Waals surface area contributed by atoms with Gasteiger partial charge in [-0.15, -0.1) is 0 Å². The molecular weight excluding hydrogens is 400 g/mol. The van der Waals surface area contributed by atoms with Crippen LogP contribution in [-0.4, -0.2) is 18.2 Å². The Labute approximate surface area is 141 Å². The average Bonchev–Trinajstić information content (AvgIpc) is 2.45. The molecule has 4 nitrogen and oxygen atoms in total. The standard InChI is InChI=1S/C15H16Br2N2O2/c1-3-20-11-5-6-14(21-4-2)13(8-11)19-15-12(17)7-10(16)9-18-15/h5-9H,3-4H2,1-2H3,(H,18,19). The molecular formula is C15H16Br2N2O2. The van der Waals surface area contributed by atoms with Crippen LogP contribution in [0.4, 0.5) is 11.5 Å². The van der Waals surface area contributed by atoms with E-state index in [9.17, 15) is 0 Å². The summed E-state index contributed by atoms with van der Waals surface area (Å²) in [6.45, 7) is 5.12. The van der Waals surface area contributed by atoms with Crippen LogP contribution in [0.25, 0.3) is 0 Å². The van der Waals surface area contributed by atoms with Crippen molar-refractivity contribution in [3.05, 3.63) is 39.4 Å². The molecule has 0 atom stereocenters. The van der Waals surface area contributed by atoms with Crippen molar-refractivity contribution in [3.8, 4) is 11.5 Å². The van der Waals surface area contributed by atoms with Gasteiger partial charge in [-0.25, -0.2) is 4.98 Å². The van der Waals surface area contributed by atoms with E-state index in [1.807, 2.05) is 38.1 Å². The van der Waals surface area contributed by atoms with Crippen molar-refractivity contribution >= 4 is 43.4 Å². The number of aromatic nitrogens is 1. The van der Waals surface area contributed by atoms with Gasteiger partial charge < -0.3 is 14.8 Å². The van der Waals surface area contributed by atoms with Gasteiger partial charge in [-0.05, 0) is 63.9 Å². The first-order valence-corrected chi connectivity index (χ1v) is 8.20. The number of hydrogen-bond donors (Lipinski definition) is 1. The molecule has 0 bridgehead atoms. The molecule has 2 aromatic rings. The largest absolute Gasteiger partial charge is 0.494 e. The van der Waals surface area contributed by atoms with Crippen molar-refractivity contribution in [2.45, 2.75) is 13.8 Å². The van der Waals surface area contributed by atoms with Crippen LogP contribution >= 0.6 is 31.9 Å². The highest BCUT2D eigenvalue weighted by Crippen LogP contribution is 2.34. The van der Waals surface area contributed by atoms with E-state index in [1.54, 1.807) is 6.20 Å². The van der Waals surface area contributed by atoms with E-state index in [2.05, 4.69) is 42.2 Å². The zero-order chi connectivity index (χ0) is 15.2. The number of nitrogens with one attached hydrogen (secondary N) is 1. The fourth-order valence-corrected chi connectivity index (χ4v) is 2.87. The fraction of sp³-hybridized carbons (Fsp3) is 0.267. The summed E-state index contributed by atoms with van der Waals surface area (Å²) in [6, 6.07) is 7.63. The van der Waals surface area contributed by atoms with Gasteiger partial charge in [0.2, 0.25) is 0 Å². The third kappa shape index (κ3) is 4.35. The zero-order valence-electron chi connectivity index (χ0n) is 11.8. The SMILES string of the molecule is CCOc1ccc(OCC)c(Nc2ncc(Br)cc2Br)c1. The second kappa shape index (κ2) is 7.66. The van der Waals surface area contributed by atoms with Crippen molar-refractivity contribution < 1.29 is 9.47 Å². The lowest BCUT2D eigenvalue weighted by atomic mass is 10.2. The molecule has 0 amide bonds. The van der Waals surface area contributed by atoms with E-state index in [0.717, 1.165) is 26.1 Å². The minimum absolute atomic E-state index is 0.595. The third-order valence-corrected chi connectivity index (χ3v) is 3.66. The summed E-state index contributed by atoms with van der Waals surface area (Å²) in [5.41, 5.74) is 0.818. The van der Waals surface area contributed by atoms with E-state index >= 15 is 0 Å². The number of benzene rings is 1.